The Balaban J connectivity index is 0.000000187. The molecule has 44 heavy (non-hydrogen) atoms. The van der Waals surface area contributed by atoms with Crippen molar-refractivity contribution in [3.8, 4) is 0 Å². The zero-order chi connectivity index (χ0) is 32.2. The summed E-state index contributed by atoms with van der Waals surface area (Å²) in [6.45, 7) is 16.7. The van der Waals surface area contributed by atoms with E-state index in [9.17, 15) is 14.4 Å². The molecule has 2 bridgehead atoms. The zero-order valence-electron chi connectivity index (χ0n) is 26.2. The minimum atomic E-state index is -0.918. The molecular weight excluding hydrogens is 556 g/mol. The van der Waals surface area contributed by atoms with Crippen LogP contribution in [0, 0.1) is 23.7 Å². The lowest BCUT2D eigenvalue weighted by atomic mass is 9.80. The highest BCUT2D eigenvalue weighted by atomic mass is 16.6. The highest BCUT2D eigenvalue weighted by Gasteiger charge is 2.55. The molecule has 0 aromatic heterocycles. The number of ether oxygens (including phenoxy) is 3. The summed E-state index contributed by atoms with van der Waals surface area (Å²) >= 11 is 0. The Hall–Kier alpha value is -3.97. The molecule has 0 amide bonds. The Morgan fingerprint density at radius 3 is 2.23 bits per heavy atom. The minimum absolute atomic E-state index is 0.142. The Kier molecular flexibility index (Phi) is 13.2. The number of hydrogen-bond acceptors (Lipinski definition) is 6. The summed E-state index contributed by atoms with van der Waals surface area (Å²) in [5.41, 5.74) is 3.12. The Labute approximate surface area is 261 Å². The third-order valence-corrected chi connectivity index (χ3v) is 8.42. The van der Waals surface area contributed by atoms with Crippen LogP contribution < -0.4 is 0 Å². The van der Waals surface area contributed by atoms with Gasteiger partial charge in [-0.2, -0.15) is 0 Å². The Bertz CT molecular complexity index is 1300. The number of carboxylic acids is 1. The number of fused-ring (bicyclic) bond motifs is 5. The topological polar surface area (TPSA) is 102 Å². The van der Waals surface area contributed by atoms with Crippen LogP contribution >= 0.6 is 0 Å². The van der Waals surface area contributed by atoms with Gasteiger partial charge >= 0.3 is 17.9 Å². The molecule has 1 saturated heterocycles. The fourth-order valence-electron chi connectivity index (χ4n) is 6.19. The number of esters is 2. The number of carbonyl (C=O) groups is 3. The summed E-state index contributed by atoms with van der Waals surface area (Å²) in [6.07, 6.45) is 15.8. The third kappa shape index (κ3) is 10.6. The first-order chi connectivity index (χ1) is 21.0. The predicted molar refractivity (Wildman–Crippen MR) is 172 cm³/mol. The molecule has 0 spiro atoms. The van der Waals surface area contributed by atoms with Gasteiger partial charge in [0.05, 0.1) is 6.61 Å². The average Bonchev–Trinajstić information content (AvgIpc) is 3.37. The van der Waals surface area contributed by atoms with E-state index in [2.05, 4.69) is 19.7 Å². The van der Waals surface area contributed by atoms with Crippen molar-refractivity contribution in [1.29, 1.82) is 0 Å². The minimum Gasteiger partial charge on any atom is -0.478 e. The number of hydrogen-bond donors (Lipinski definition) is 1. The first kappa shape index (κ1) is 34.5. The molecule has 1 aliphatic heterocycles. The summed E-state index contributed by atoms with van der Waals surface area (Å²) < 4.78 is 15.2. The van der Waals surface area contributed by atoms with Crippen LogP contribution in [0.2, 0.25) is 0 Å². The highest BCUT2D eigenvalue weighted by Crippen LogP contribution is 2.59. The van der Waals surface area contributed by atoms with Gasteiger partial charge in [-0.1, -0.05) is 80.8 Å². The van der Waals surface area contributed by atoms with Gasteiger partial charge in [-0.15, -0.1) is 0 Å². The van der Waals surface area contributed by atoms with Gasteiger partial charge in [-0.3, -0.25) is 0 Å². The van der Waals surface area contributed by atoms with Crippen LogP contribution in [-0.4, -0.2) is 48.4 Å². The number of carboxylic acid groups (broad SMARTS) is 1. The maximum Gasteiger partial charge on any atom is 0.333 e. The fourth-order valence-corrected chi connectivity index (χ4v) is 6.19. The number of benzene rings is 1. The maximum atomic E-state index is 11.5. The van der Waals surface area contributed by atoms with Crippen LogP contribution in [0.5, 0.6) is 0 Å². The van der Waals surface area contributed by atoms with E-state index in [4.69, 9.17) is 19.3 Å². The molecule has 7 nitrogen and oxygen atoms in total. The van der Waals surface area contributed by atoms with E-state index >= 15 is 0 Å². The van der Waals surface area contributed by atoms with Crippen molar-refractivity contribution in [2.24, 2.45) is 23.7 Å². The molecule has 5 rings (SSSR count). The van der Waals surface area contributed by atoms with E-state index in [-0.39, 0.29) is 24.1 Å². The van der Waals surface area contributed by atoms with Crippen molar-refractivity contribution >= 4 is 24.0 Å². The lowest BCUT2D eigenvalue weighted by molar-refractivity contribution is -0.148. The van der Waals surface area contributed by atoms with Crippen LogP contribution in [0.3, 0.4) is 0 Å². The van der Waals surface area contributed by atoms with E-state index in [0.29, 0.717) is 35.9 Å². The molecule has 236 valence electrons. The van der Waals surface area contributed by atoms with E-state index in [1.165, 1.54) is 25.7 Å². The largest absolute Gasteiger partial charge is 0.478 e. The van der Waals surface area contributed by atoms with Crippen molar-refractivity contribution in [2.45, 2.75) is 65.1 Å². The van der Waals surface area contributed by atoms with Crippen LogP contribution in [0.4, 0.5) is 0 Å². The van der Waals surface area contributed by atoms with Gasteiger partial charge in [0.1, 0.15) is 18.8 Å². The molecular formula is C37H46O7. The van der Waals surface area contributed by atoms with Crippen molar-refractivity contribution in [3.63, 3.8) is 0 Å². The van der Waals surface area contributed by atoms with Gasteiger partial charge in [-0.05, 0) is 87.3 Å². The molecule has 3 aliphatic carbocycles. The van der Waals surface area contributed by atoms with Gasteiger partial charge in [0.25, 0.3) is 0 Å². The quantitative estimate of drug-likeness (QED) is 0.130. The van der Waals surface area contributed by atoms with Crippen LogP contribution in [0.25, 0.3) is 6.08 Å². The smallest absolute Gasteiger partial charge is 0.333 e. The SMILES string of the molecule is C=C(C)C(=O)OC1CC2CC1C1CCCC21.C=C(C)C(=O)OCC1CO1.C=CC=C(C=Cc1ccccc1)C=C(C)C(=O)O. The number of aliphatic carboxylic acids is 1. The molecule has 1 aromatic rings. The molecule has 4 fully saturated rings. The van der Waals surface area contributed by atoms with Gasteiger partial charge in [0.15, 0.2) is 0 Å². The first-order valence-electron chi connectivity index (χ1n) is 15.3. The molecule has 0 radical (unpaired) electrons. The predicted octanol–water partition coefficient (Wildman–Crippen LogP) is 7.28. The average molecular weight is 603 g/mol. The molecule has 4 aliphatic rings. The number of epoxide rings is 1. The number of allylic oxidation sites excluding steroid dienone is 5. The summed E-state index contributed by atoms with van der Waals surface area (Å²) in [5.74, 6) is 1.90. The molecule has 6 atom stereocenters. The maximum absolute atomic E-state index is 11.5. The lowest BCUT2D eigenvalue weighted by Crippen LogP contribution is -2.32. The first-order valence-corrected chi connectivity index (χ1v) is 15.3. The van der Waals surface area contributed by atoms with E-state index < -0.39 is 5.97 Å². The van der Waals surface area contributed by atoms with Crippen molar-refractivity contribution in [3.05, 3.63) is 102 Å². The second-order valence-electron chi connectivity index (χ2n) is 12.0. The van der Waals surface area contributed by atoms with Crippen molar-refractivity contribution < 1.29 is 33.7 Å². The fraction of sp³-hybridized carbons (Fsp3) is 0.432. The van der Waals surface area contributed by atoms with E-state index in [1.807, 2.05) is 42.5 Å². The summed E-state index contributed by atoms with van der Waals surface area (Å²) in [4.78, 5) is 33.0. The van der Waals surface area contributed by atoms with Crippen molar-refractivity contribution in [2.75, 3.05) is 13.2 Å². The molecule has 6 unspecified atom stereocenters. The number of carbonyl (C=O) groups excluding carboxylic acids is 2. The second-order valence-corrected chi connectivity index (χ2v) is 12.0. The summed E-state index contributed by atoms with van der Waals surface area (Å²) in [7, 11) is 0. The van der Waals surface area contributed by atoms with Gasteiger partial charge in [-0.25, -0.2) is 14.4 Å². The molecule has 3 saturated carbocycles. The Morgan fingerprint density at radius 1 is 0.977 bits per heavy atom. The summed E-state index contributed by atoms with van der Waals surface area (Å²) in [5, 5.41) is 8.84. The molecule has 7 heteroatoms. The van der Waals surface area contributed by atoms with Gasteiger partial charge < -0.3 is 19.3 Å². The highest BCUT2D eigenvalue weighted by molar-refractivity contribution is 5.87. The zero-order valence-corrected chi connectivity index (χ0v) is 26.2. The molecule has 1 heterocycles. The summed E-state index contributed by atoms with van der Waals surface area (Å²) in [6, 6.07) is 9.82. The molecule has 1 N–H and O–H groups in total. The standard InChI is InChI=1S/C16H16O2.C14H20O2.C7H10O3/c1-3-7-15(12-13(2)16(17)18)11-10-14-8-5-4-6-9-14;1-8(2)14(15)16-13-7-9-6-12(13)11-5-3-4-10(9)11;1-5(2)7(8)10-4-6-3-9-6/h3-12H,1H2,2H3,(H,17,18);9-13H,1,3-7H2,2H3;6H,1,3-4H2,2H3. The number of rotatable bonds is 10. The van der Waals surface area contributed by atoms with Crippen LogP contribution in [-0.2, 0) is 28.6 Å². The normalized spacial score (nSPS) is 26.3. The lowest BCUT2D eigenvalue weighted by Gasteiger charge is -2.31. The second kappa shape index (κ2) is 16.8. The van der Waals surface area contributed by atoms with Crippen molar-refractivity contribution in [1.82, 2.24) is 0 Å². The van der Waals surface area contributed by atoms with Crippen LogP contribution in [0.1, 0.15) is 58.4 Å². The van der Waals surface area contributed by atoms with Crippen LogP contribution in [0.15, 0.2) is 96.7 Å². The third-order valence-electron chi connectivity index (χ3n) is 8.42. The van der Waals surface area contributed by atoms with Gasteiger partial charge in [0.2, 0.25) is 0 Å². The monoisotopic (exact) mass is 602 g/mol. The van der Waals surface area contributed by atoms with E-state index in [1.54, 1.807) is 39.0 Å². The Morgan fingerprint density at radius 2 is 1.64 bits per heavy atom. The molecule has 1 aromatic carbocycles. The van der Waals surface area contributed by atoms with Gasteiger partial charge in [0, 0.05) is 16.7 Å². The van der Waals surface area contributed by atoms with E-state index in [0.717, 1.165) is 35.3 Å².